The van der Waals surface area contributed by atoms with E-state index in [1.807, 2.05) is 4.90 Å². The second-order valence-electron chi connectivity index (χ2n) is 5.54. The Morgan fingerprint density at radius 1 is 1.22 bits per heavy atom. The number of amides is 1. The van der Waals surface area contributed by atoms with Gasteiger partial charge < -0.3 is 15.1 Å². The fraction of sp³-hybridized carbons (Fsp3) is 0.929. The van der Waals surface area contributed by atoms with Gasteiger partial charge in [0.05, 0.1) is 0 Å². The third-order valence-electron chi connectivity index (χ3n) is 3.50. The van der Waals surface area contributed by atoms with Gasteiger partial charge in [0.15, 0.2) is 0 Å². The van der Waals surface area contributed by atoms with Gasteiger partial charge in [0.25, 0.3) is 0 Å². The summed E-state index contributed by atoms with van der Waals surface area (Å²) in [4.78, 5) is 16.4. The molecule has 0 aliphatic carbocycles. The van der Waals surface area contributed by atoms with Crippen molar-refractivity contribution in [1.29, 1.82) is 0 Å². The Kier molecular flexibility index (Phi) is 7.28. The van der Waals surface area contributed by atoms with E-state index in [1.54, 1.807) is 0 Å². The van der Waals surface area contributed by atoms with Gasteiger partial charge in [-0.15, -0.1) is 0 Å². The first kappa shape index (κ1) is 15.4. The summed E-state index contributed by atoms with van der Waals surface area (Å²) in [6.07, 6.45) is 5.38. The molecule has 0 aromatic rings. The molecule has 1 fully saturated rings. The number of hydrogen-bond acceptors (Lipinski definition) is 3. The second kappa shape index (κ2) is 8.48. The number of nitrogens with zero attached hydrogens (tertiary/aromatic N) is 2. The van der Waals surface area contributed by atoms with Crippen LogP contribution in [0.15, 0.2) is 0 Å². The molecule has 0 bridgehead atoms. The molecule has 1 amide bonds. The third kappa shape index (κ3) is 5.83. The van der Waals surface area contributed by atoms with Gasteiger partial charge in [-0.25, -0.2) is 0 Å². The Hall–Kier alpha value is -0.610. The maximum absolute atomic E-state index is 12.3. The lowest BCUT2D eigenvalue weighted by Gasteiger charge is -2.28. The summed E-state index contributed by atoms with van der Waals surface area (Å²) < 4.78 is 0. The summed E-state index contributed by atoms with van der Waals surface area (Å²) in [6.45, 7) is 5.90. The Balaban J connectivity index is 2.37. The molecule has 1 atom stereocenters. The number of likely N-dealkylation sites (N-methyl/N-ethyl adjacent to an activating group) is 1. The number of carbonyl (C=O) groups excluding carboxylic acids is 1. The van der Waals surface area contributed by atoms with E-state index in [4.69, 9.17) is 0 Å². The first-order valence-corrected chi connectivity index (χ1v) is 7.29. The molecule has 0 radical (unpaired) electrons. The van der Waals surface area contributed by atoms with Crippen LogP contribution in [0.5, 0.6) is 0 Å². The highest BCUT2D eigenvalue weighted by Gasteiger charge is 2.20. The monoisotopic (exact) mass is 255 g/mol. The Morgan fingerprint density at radius 3 is 2.56 bits per heavy atom. The van der Waals surface area contributed by atoms with E-state index in [9.17, 15) is 4.79 Å². The van der Waals surface area contributed by atoms with Crippen LogP contribution in [0.25, 0.3) is 0 Å². The zero-order valence-corrected chi connectivity index (χ0v) is 12.2. The van der Waals surface area contributed by atoms with Crippen LogP contribution < -0.4 is 5.32 Å². The van der Waals surface area contributed by atoms with Crippen LogP contribution >= 0.6 is 0 Å². The van der Waals surface area contributed by atoms with E-state index in [-0.39, 0.29) is 0 Å². The lowest BCUT2D eigenvalue weighted by molar-refractivity contribution is -0.132. The Bertz CT molecular complexity index is 237. The fourth-order valence-electron chi connectivity index (χ4n) is 2.39. The molecule has 106 valence electrons. The van der Waals surface area contributed by atoms with Crippen LogP contribution in [0.3, 0.4) is 0 Å². The van der Waals surface area contributed by atoms with Gasteiger partial charge in [-0.2, -0.15) is 0 Å². The number of nitrogens with one attached hydrogen (secondary N) is 1. The predicted molar refractivity (Wildman–Crippen MR) is 75.7 cm³/mol. The molecule has 18 heavy (non-hydrogen) atoms. The first-order chi connectivity index (χ1) is 8.63. The predicted octanol–water partition coefficient (Wildman–Crippen LogP) is 1.32. The maximum atomic E-state index is 12.3. The van der Waals surface area contributed by atoms with E-state index in [1.165, 1.54) is 12.8 Å². The minimum absolute atomic E-state index is 0.318. The molecule has 1 aliphatic rings. The molecular formula is C14H29N3O. The fourth-order valence-corrected chi connectivity index (χ4v) is 2.39. The van der Waals surface area contributed by atoms with Crippen molar-refractivity contribution in [3.8, 4) is 0 Å². The van der Waals surface area contributed by atoms with Gasteiger partial charge >= 0.3 is 0 Å². The average molecular weight is 255 g/mol. The minimum atomic E-state index is 0.318. The summed E-state index contributed by atoms with van der Waals surface area (Å²) in [6, 6.07) is 0.407. The van der Waals surface area contributed by atoms with Crippen LogP contribution in [-0.2, 0) is 4.79 Å². The SMILES string of the molecule is CCCN(CCN(C)C)C(=O)CC1CCCCN1. The van der Waals surface area contributed by atoms with E-state index < -0.39 is 0 Å². The summed E-state index contributed by atoms with van der Waals surface area (Å²) in [7, 11) is 4.11. The molecule has 1 heterocycles. The summed E-state index contributed by atoms with van der Waals surface area (Å²) in [5.41, 5.74) is 0. The molecule has 0 saturated carbocycles. The lowest BCUT2D eigenvalue weighted by Crippen LogP contribution is -2.42. The number of hydrogen-bond donors (Lipinski definition) is 1. The highest BCUT2D eigenvalue weighted by atomic mass is 16.2. The average Bonchev–Trinajstić information content (AvgIpc) is 2.35. The zero-order chi connectivity index (χ0) is 13.4. The quantitative estimate of drug-likeness (QED) is 0.745. The second-order valence-corrected chi connectivity index (χ2v) is 5.54. The first-order valence-electron chi connectivity index (χ1n) is 7.29. The summed E-state index contributed by atoms with van der Waals surface area (Å²) in [5, 5.41) is 3.45. The zero-order valence-electron chi connectivity index (χ0n) is 12.2. The van der Waals surface area contributed by atoms with Crippen LogP contribution in [0.4, 0.5) is 0 Å². The van der Waals surface area contributed by atoms with Crippen molar-refractivity contribution in [1.82, 2.24) is 15.1 Å². The molecule has 0 spiro atoms. The standard InChI is InChI=1S/C14H29N3O/c1-4-9-17(11-10-16(2)3)14(18)12-13-7-5-6-8-15-13/h13,15H,4-12H2,1-3H3. The van der Waals surface area contributed by atoms with Crippen LogP contribution in [0.1, 0.15) is 39.0 Å². The van der Waals surface area contributed by atoms with E-state index in [2.05, 4.69) is 31.2 Å². The van der Waals surface area contributed by atoms with E-state index in [0.29, 0.717) is 18.4 Å². The molecule has 4 nitrogen and oxygen atoms in total. The smallest absolute Gasteiger partial charge is 0.224 e. The molecule has 1 aliphatic heterocycles. The van der Waals surface area contributed by atoms with E-state index >= 15 is 0 Å². The molecule has 1 N–H and O–H groups in total. The molecule has 0 aromatic heterocycles. The van der Waals surface area contributed by atoms with Gasteiger partial charge in [-0.1, -0.05) is 13.3 Å². The topological polar surface area (TPSA) is 35.6 Å². The van der Waals surface area contributed by atoms with Crippen molar-refractivity contribution in [2.24, 2.45) is 0 Å². The number of carbonyl (C=O) groups is 1. The number of rotatable bonds is 7. The summed E-state index contributed by atoms with van der Waals surface area (Å²) in [5.74, 6) is 0.318. The van der Waals surface area contributed by atoms with Crippen molar-refractivity contribution in [3.63, 3.8) is 0 Å². The van der Waals surface area contributed by atoms with Gasteiger partial charge in [-0.3, -0.25) is 4.79 Å². The van der Waals surface area contributed by atoms with E-state index in [0.717, 1.165) is 39.0 Å². The van der Waals surface area contributed by atoms with Crippen molar-refractivity contribution in [3.05, 3.63) is 0 Å². The van der Waals surface area contributed by atoms with Crippen LogP contribution in [-0.4, -0.2) is 62.0 Å². The van der Waals surface area contributed by atoms with Crippen molar-refractivity contribution >= 4 is 5.91 Å². The molecule has 0 aromatic carbocycles. The van der Waals surface area contributed by atoms with Crippen molar-refractivity contribution < 1.29 is 4.79 Å². The normalized spacial score (nSPS) is 20.1. The molecule has 1 saturated heterocycles. The largest absolute Gasteiger partial charge is 0.341 e. The van der Waals surface area contributed by atoms with Gasteiger partial charge in [0.2, 0.25) is 5.91 Å². The molecule has 4 heteroatoms. The highest BCUT2D eigenvalue weighted by Crippen LogP contribution is 2.11. The Labute approximate surface area is 112 Å². The van der Waals surface area contributed by atoms with Crippen molar-refractivity contribution in [2.75, 3.05) is 40.3 Å². The lowest BCUT2D eigenvalue weighted by atomic mass is 10.0. The molecular weight excluding hydrogens is 226 g/mol. The van der Waals surface area contributed by atoms with Crippen LogP contribution in [0.2, 0.25) is 0 Å². The summed E-state index contributed by atoms with van der Waals surface area (Å²) >= 11 is 0. The Morgan fingerprint density at radius 2 is 2.00 bits per heavy atom. The highest BCUT2D eigenvalue weighted by molar-refractivity contribution is 5.76. The molecule has 1 unspecified atom stereocenters. The van der Waals surface area contributed by atoms with Crippen LogP contribution in [0, 0.1) is 0 Å². The minimum Gasteiger partial charge on any atom is -0.341 e. The third-order valence-corrected chi connectivity index (χ3v) is 3.50. The van der Waals surface area contributed by atoms with Gasteiger partial charge in [-0.05, 0) is 39.9 Å². The van der Waals surface area contributed by atoms with Gasteiger partial charge in [0, 0.05) is 32.1 Å². The maximum Gasteiger partial charge on any atom is 0.224 e. The van der Waals surface area contributed by atoms with Crippen molar-refractivity contribution in [2.45, 2.75) is 45.1 Å². The molecule has 1 rings (SSSR count). The van der Waals surface area contributed by atoms with Gasteiger partial charge in [0.1, 0.15) is 0 Å². The number of piperidine rings is 1.